The SMILES string of the molecule is O=S(=O)(Nc1cccc(O)c1)c1cnc(Cl)s1. The van der Waals surface area contributed by atoms with Crippen molar-refractivity contribution < 1.29 is 13.5 Å². The Morgan fingerprint density at radius 2 is 2.18 bits per heavy atom. The predicted molar refractivity (Wildman–Crippen MR) is 66.0 cm³/mol. The molecule has 1 aromatic heterocycles. The topological polar surface area (TPSA) is 79.3 Å². The van der Waals surface area contributed by atoms with E-state index in [9.17, 15) is 13.5 Å². The Morgan fingerprint density at radius 1 is 1.41 bits per heavy atom. The number of hydrogen-bond acceptors (Lipinski definition) is 5. The molecule has 0 atom stereocenters. The number of sulfonamides is 1. The highest BCUT2D eigenvalue weighted by Crippen LogP contribution is 2.25. The third-order valence-electron chi connectivity index (χ3n) is 1.82. The third-order valence-corrected chi connectivity index (χ3v) is 4.78. The van der Waals surface area contributed by atoms with Gasteiger partial charge in [-0.05, 0) is 12.1 Å². The maximum Gasteiger partial charge on any atom is 0.273 e. The summed E-state index contributed by atoms with van der Waals surface area (Å²) in [5, 5.41) is 9.22. The Balaban J connectivity index is 2.29. The summed E-state index contributed by atoms with van der Waals surface area (Å²) in [5.41, 5.74) is 0.273. The summed E-state index contributed by atoms with van der Waals surface area (Å²) in [6.45, 7) is 0. The first kappa shape index (κ1) is 12.2. The van der Waals surface area contributed by atoms with E-state index >= 15 is 0 Å². The molecule has 0 fully saturated rings. The molecule has 0 saturated heterocycles. The van der Waals surface area contributed by atoms with Crippen LogP contribution in [0.25, 0.3) is 0 Å². The van der Waals surface area contributed by atoms with Gasteiger partial charge in [0.2, 0.25) is 0 Å². The van der Waals surface area contributed by atoms with Crippen molar-refractivity contribution in [3.05, 3.63) is 34.9 Å². The van der Waals surface area contributed by atoms with E-state index in [1.165, 1.54) is 30.5 Å². The molecule has 0 radical (unpaired) electrons. The standard InChI is InChI=1S/C9H7ClN2O3S2/c10-9-11-5-8(16-9)17(14,15)12-6-2-1-3-7(13)4-6/h1-5,12-13H. The Labute approximate surface area is 107 Å². The third kappa shape index (κ3) is 2.87. The summed E-state index contributed by atoms with van der Waals surface area (Å²) in [6.07, 6.45) is 1.18. The lowest BCUT2D eigenvalue weighted by Gasteiger charge is -2.05. The monoisotopic (exact) mass is 290 g/mol. The van der Waals surface area contributed by atoms with Crippen LogP contribution >= 0.6 is 22.9 Å². The molecule has 8 heteroatoms. The van der Waals surface area contributed by atoms with Crippen molar-refractivity contribution in [3.8, 4) is 5.75 Å². The zero-order valence-electron chi connectivity index (χ0n) is 8.29. The minimum absolute atomic E-state index is 0.0193. The van der Waals surface area contributed by atoms with Gasteiger partial charge in [-0.15, -0.1) is 0 Å². The zero-order chi connectivity index (χ0) is 12.5. The molecule has 2 aromatic rings. The van der Waals surface area contributed by atoms with Crippen molar-refractivity contribution in [3.63, 3.8) is 0 Å². The van der Waals surface area contributed by atoms with E-state index in [0.717, 1.165) is 11.3 Å². The minimum atomic E-state index is -3.70. The molecule has 5 nitrogen and oxygen atoms in total. The van der Waals surface area contributed by atoms with Gasteiger partial charge in [-0.1, -0.05) is 29.0 Å². The van der Waals surface area contributed by atoms with E-state index in [1.807, 2.05) is 0 Å². The fraction of sp³-hybridized carbons (Fsp3) is 0. The summed E-state index contributed by atoms with van der Waals surface area (Å²) in [6, 6.07) is 5.81. The summed E-state index contributed by atoms with van der Waals surface area (Å²) in [4.78, 5) is 3.66. The molecule has 0 aliphatic carbocycles. The molecule has 2 rings (SSSR count). The van der Waals surface area contributed by atoms with Gasteiger partial charge in [0, 0.05) is 6.07 Å². The molecule has 0 unspecified atom stereocenters. The number of nitrogens with zero attached hydrogens (tertiary/aromatic N) is 1. The van der Waals surface area contributed by atoms with Gasteiger partial charge < -0.3 is 5.11 Å². The summed E-state index contributed by atoms with van der Waals surface area (Å²) in [5.74, 6) is -0.0208. The second kappa shape index (κ2) is 4.52. The van der Waals surface area contributed by atoms with Gasteiger partial charge in [0.05, 0.1) is 11.9 Å². The van der Waals surface area contributed by atoms with Crippen molar-refractivity contribution in [2.45, 2.75) is 4.21 Å². The Morgan fingerprint density at radius 3 is 2.76 bits per heavy atom. The number of nitrogens with one attached hydrogen (secondary N) is 1. The number of anilines is 1. The van der Waals surface area contributed by atoms with Gasteiger partial charge >= 0.3 is 0 Å². The first-order chi connectivity index (χ1) is 7.97. The first-order valence-corrected chi connectivity index (χ1v) is 7.08. The maximum absolute atomic E-state index is 11.8. The molecular formula is C9H7ClN2O3S2. The molecule has 0 spiro atoms. The number of benzene rings is 1. The van der Waals surface area contributed by atoms with Gasteiger partial charge in [-0.25, -0.2) is 13.4 Å². The van der Waals surface area contributed by atoms with E-state index in [0.29, 0.717) is 0 Å². The van der Waals surface area contributed by atoms with Crippen LogP contribution in [0.3, 0.4) is 0 Å². The maximum atomic E-state index is 11.8. The summed E-state index contributed by atoms with van der Waals surface area (Å²) >= 11 is 6.43. The average Bonchev–Trinajstić information content (AvgIpc) is 2.65. The van der Waals surface area contributed by atoms with Gasteiger partial charge in [0.15, 0.2) is 8.68 Å². The summed E-state index contributed by atoms with van der Waals surface area (Å²) in [7, 11) is -3.70. The molecule has 0 amide bonds. The number of halogens is 1. The molecule has 1 heterocycles. The molecule has 90 valence electrons. The summed E-state index contributed by atoms with van der Waals surface area (Å²) < 4.78 is 26.2. The van der Waals surface area contributed by atoms with Crippen LogP contribution in [-0.2, 0) is 10.0 Å². The molecule has 0 aliphatic rings. The number of rotatable bonds is 3. The molecule has 2 N–H and O–H groups in total. The second-order valence-electron chi connectivity index (χ2n) is 3.09. The van der Waals surface area contributed by atoms with Crippen LogP contribution in [0, 0.1) is 0 Å². The van der Waals surface area contributed by atoms with E-state index < -0.39 is 10.0 Å². The van der Waals surface area contributed by atoms with Crippen LogP contribution in [0.4, 0.5) is 5.69 Å². The highest BCUT2D eigenvalue weighted by Gasteiger charge is 2.17. The quantitative estimate of drug-likeness (QED) is 0.909. The average molecular weight is 291 g/mol. The number of hydrogen-bond donors (Lipinski definition) is 2. The van der Waals surface area contributed by atoms with Gasteiger partial charge in [0.1, 0.15) is 5.75 Å². The van der Waals surface area contributed by atoms with Crippen molar-refractivity contribution in [1.82, 2.24) is 4.98 Å². The molecule has 17 heavy (non-hydrogen) atoms. The van der Waals surface area contributed by atoms with E-state index in [1.54, 1.807) is 0 Å². The van der Waals surface area contributed by atoms with Crippen molar-refractivity contribution in [2.75, 3.05) is 4.72 Å². The highest BCUT2D eigenvalue weighted by atomic mass is 35.5. The van der Waals surface area contributed by atoms with E-state index in [2.05, 4.69) is 9.71 Å². The molecule has 1 aromatic carbocycles. The number of phenolic OH excluding ortho intramolecular Hbond substituents is 1. The molecule has 0 saturated carbocycles. The lowest BCUT2D eigenvalue weighted by Crippen LogP contribution is -2.11. The van der Waals surface area contributed by atoms with Crippen LogP contribution in [0.1, 0.15) is 0 Å². The number of phenols is 1. The Kier molecular flexibility index (Phi) is 3.23. The zero-order valence-corrected chi connectivity index (χ0v) is 10.7. The van der Waals surface area contributed by atoms with Gasteiger partial charge in [0.25, 0.3) is 10.0 Å². The van der Waals surface area contributed by atoms with Crippen LogP contribution in [-0.4, -0.2) is 18.5 Å². The van der Waals surface area contributed by atoms with Crippen LogP contribution < -0.4 is 4.72 Å². The molecule has 0 bridgehead atoms. The van der Waals surface area contributed by atoms with Crippen molar-refractivity contribution >= 4 is 38.6 Å². The number of aromatic nitrogens is 1. The second-order valence-corrected chi connectivity index (χ2v) is 6.61. The van der Waals surface area contributed by atoms with Gasteiger partial charge in [-0.3, -0.25) is 4.72 Å². The van der Waals surface area contributed by atoms with E-state index in [-0.39, 0.29) is 20.1 Å². The van der Waals surface area contributed by atoms with Crippen molar-refractivity contribution in [2.24, 2.45) is 0 Å². The first-order valence-electron chi connectivity index (χ1n) is 4.40. The Bertz CT molecular complexity index is 639. The largest absolute Gasteiger partial charge is 0.508 e. The molecule has 0 aliphatic heterocycles. The molecular weight excluding hydrogens is 284 g/mol. The van der Waals surface area contributed by atoms with Crippen LogP contribution in [0.2, 0.25) is 4.47 Å². The lowest BCUT2D eigenvalue weighted by molar-refractivity contribution is 0.475. The van der Waals surface area contributed by atoms with E-state index in [4.69, 9.17) is 11.6 Å². The lowest BCUT2D eigenvalue weighted by atomic mass is 10.3. The fourth-order valence-electron chi connectivity index (χ4n) is 1.14. The Hall–Kier alpha value is -1.31. The number of aromatic hydroxyl groups is 1. The predicted octanol–water partition coefficient (Wildman–Crippen LogP) is 2.30. The van der Waals surface area contributed by atoms with Crippen LogP contribution in [0.15, 0.2) is 34.7 Å². The number of thiazole rings is 1. The van der Waals surface area contributed by atoms with Crippen LogP contribution in [0.5, 0.6) is 5.75 Å². The minimum Gasteiger partial charge on any atom is -0.508 e. The van der Waals surface area contributed by atoms with Crippen molar-refractivity contribution in [1.29, 1.82) is 0 Å². The normalized spacial score (nSPS) is 11.4. The van der Waals surface area contributed by atoms with Gasteiger partial charge in [-0.2, -0.15) is 0 Å². The fourth-order valence-corrected chi connectivity index (χ4v) is 3.48. The smallest absolute Gasteiger partial charge is 0.273 e. The highest BCUT2D eigenvalue weighted by molar-refractivity contribution is 7.94.